The second kappa shape index (κ2) is 11.3. The Kier molecular flexibility index (Phi) is 7.46. The van der Waals surface area contributed by atoms with E-state index in [2.05, 4.69) is 15.3 Å². The number of halogens is 1. The minimum atomic E-state index is -1.37. The molecule has 0 saturated carbocycles. The topological polar surface area (TPSA) is 129 Å². The van der Waals surface area contributed by atoms with E-state index in [0.717, 1.165) is 5.56 Å². The zero-order valence-electron chi connectivity index (χ0n) is 20.6. The van der Waals surface area contributed by atoms with Gasteiger partial charge in [0.05, 0.1) is 24.4 Å². The minimum absolute atomic E-state index is 0.262. The highest BCUT2D eigenvalue weighted by Crippen LogP contribution is 2.42. The number of benzene rings is 2. The van der Waals surface area contributed by atoms with Crippen LogP contribution in [-0.2, 0) is 4.74 Å². The maximum absolute atomic E-state index is 12.8. The molecule has 1 aliphatic heterocycles. The molecule has 2 aromatic heterocycles. The Bertz CT molecular complexity index is 1510. The maximum Gasteiger partial charge on any atom is 0.506 e. The van der Waals surface area contributed by atoms with E-state index in [1.807, 2.05) is 12.1 Å². The minimum Gasteiger partial charge on any atom is -0.493 e. The van der Waals surface area contributed by atoms with Gasteiger partial charge in [-0.15, -0.1) is 0 Å². The molecule has 2 N–H and O–H groups in total. The van der Waals surface area contributed by atoms with Crippen LogP contribution in [0.1, 0.15) is 28.4 Å². The van der Waals surface area contributed by atoms with Crippen LogP contribution in [0.2, 0.25) is 5.02 Å². The van der Waals surface area contributed by atoms with Crippen LogP contribution in [-0.4, -0.2) is 40.9 Å². The van der Waals surface area contributed by atoms with Gasteiger partial charge in [0.1, 0.15) is 29.2 Å². The molecule has 1 unspecified atom stereocenters. The Morgan fingerprint density at radius 2 is 1.92 bits per heavy atom. The molecule has 0 saturated heterocycles. The number of pyridine rings is 2. The molecular formula is C28H22ClN3O7. The first-order valence-corrected chi connectivity index (χ1v) is 12.2. The molecule has 0 aliphatic carbocycles. The number of aromatic nitrogens is 2. The van der Waals surface area contributed by atoms with Crippen molar-refractivity contribution in [1.29, 1.82) is 0 Å². The molecule has 10 nitrogen and oxygen atoms in total. The Labute approximate surface area is 228 Å². The number of ether oxygens (including phenoxy) is 4. The number of carbonyl (C=O) groups excluding carboxylic acids is 1. The van der Waals surface area contributed by atoms with Crippen molar-refractivity contribution in [3.63, 3.8) is 0 Å². The summed E-state index contributed by atoms with van der Waals surface area (Å²) in [7, 11) is 1.54. The number of fused-ring (bicyclic) bond motifs is 1. The summed E-state index contributed by atoms with van der Waals surface area (Å²) in [6.45, 7) is 0.296. The van der Waals surface area contributed by atoms with Gasteiger partial charge < -0.3 is 29.4 Å². The number of methoxy groups -OCH3 is 1. The van der Waals surface area contributed by atoms with E-state index in [1.54, 1.807) is 67.9 Å². The number of carbonyl (C=O) groups is 2. The van der Waals surface area contributed by atoms with Crippen molar-refractivity contribution in [2.45, 2.75) is 12.5 Å². The van der Waals surface area contributed by atoms with E-state index in [4.69, 9.17) is 35.7 Å². The van der Waals surface area contributed by atoms with Crippen molar-refractivity contribution in [3.8, 4) is 34.4 Å². The second-order valence-electron chi connectivity index (χ2n) is 8.41. The summed E-state index contributed by atoms with van der Waals surface area (Å²) in [6, 6.07) is 18.5. The third kappa shape index (κ3) is 6.02. The van der Waals surface area contributed by atoms with Crippen LogP contribution in [0, 0.1) is 0 Å². The highest BCUT2D eigenvalue weighted by Gasteiger charge is 2.27. The first-order chi connectivity index (χ1) is 18.9. The lowest BCUT2D eigenvalue weighted by Gasteiger charge is -2.25. The zero-order chi connectivity index (χ0) is 27.4. The average molecular weight is 548 g/mol. The van der Waals surface area contributed by atoms with Crippen LogP contribution in [0.15, 0.2) is 72.9 Å². The molecule has 1 atom stereocenters. The molecule has 0 spiro atoms. The highest BCUT2D eigenvalue weighted by atomic mass is 35.5. The number of hydrogen-bond acceptors (Lipinski definition) is 8. The normalized spacial score (nSPS) is 13.9. The van der Waals surface area contributed by atoms with Gasteiger partial charge >= 0.3 is 6.16 Å². The van der Waals surface area contributed by atoms with E-state index >= 15 is 0 Å². The quantitative estimate of drug-likeness (QED) is 0.253. The standard InChI is InChI=1S/C28H22ClN3O7/c1-36-26-10-7-17(15-30-26)21-3-2-4-25(31-21)32-27(33)16-5-8-18(9-6-16)38-24-14-23-19(13-20(24)29)22(11-12-37-23)39-28(34)35/h2-10,13-15,22H,11-12H2,1H3,(H,34,35)(H,31,32,33). The fourth-order valence-electron chi connectivity index (χ4n) is 3.99. The number of amides is 1. The van der Waals surface area contributed by atoms with Crippen molar-refractivity contribution >= 4 is 29.5 Å². The predicted molar refractivity (Wildman–Crippen MR) is 142 cm³/mol. The van der Waals surface area contributed by atoms with E-state index in [-0.39, 0.29) is 10.9 Å². The van der Waals surface area contributed by atoms with Gasteiger partial charge in [0, 0.05) is 41.4 Å². The highest BCUT2D eigenvalue weighted by molar-refractivity contribution is 6.32. The van der Waals surface area contributed by atoms with E-state index in [1.165, 1.54) is 0 Å². The number of rotatable bonds is 7. The van der Waals surface area contributed by atoms with Gasteiger partial charge in [0.15, 0.2) is 0 Å². The Hall–Kier alpha value is -4.83. The summed E-state index contributed by atoms with van der Waals surface area (Å²) in [4.78, 5) is 32.5. The summed E-state index contributed by atoms with van der Waals surface area (Å²) in [5.74, 6) is 1.73. The van der Waals surface area contributed by atoms with Crippen molar-refractivity contribution < 1.29 is 33.6 Å². The fourth-order valence-corrected chi connectivity index (χ4v) is 4.20. The van der Waals surface area contributed by atoms with Crippen LogP contribution in [0.25, 0.3) is 11.3 Å². The SMILES string of the molecule is COc1ccc(-c2cccc(NC(=O)c3ccc(Oc4cc5c(cc4Cl)C(OC(=O)O)CCO5)cc3)n2)cn1. The lowest BCUT2D eigenvalue weighted by Crippen LogP contribution is -2.18. The Balaban J connectivity index is 1.26. The molecule has 0 fully saturated rings. The maximum atomic E-state index is 12.8. The molecule has 0 bridgehead atoms. The monoisotopic (exact) mass is 547 g/mol. The number of carboxylic acid groups (broad SMARTS) is 1. The molecule has 11 heteroatoms. The van der Waals surface area contributed by atoms with E-state index in [0.29, 0.717) is 58.8 Å². The van der Waals surface area contributed by atoms with Gasteiger partial charge in [-0.2, -0.15) is 0 Å². The molecule has 0 radical (unpaired) electrons. The van der Waals surface area contributed by atoms with E-state index in [9.17, 15) is 9.59 Å². The summed E-state index contributed by atoms with van der Waals surface area (Å²) >= 11 is 6.39. The number of hydrogen-bond donors (Lipinski definition) is 2. The molecular weight excluding hydrogens is 526 g/mol. The first kappa shape index (κ1) is 25.8. The Morgan fingerprint density at radius 1 is 1.10 bits per heavy atom. The number of anilines is 1. The first-order valence-electron chi connectivity index (χ1n) is 11.8. The molecule has 4 aromatic rings. The second-order valence-corrected chi connectivity index (χ2v) is 8.82. The van der Waals surface area contributed by atoms with Gasteiger partial charge in [-0.25, -0.2) is 14.8 Å². The van der Waals surface area contributed by atoms with Crippen molar-refractivity contribution in [2.75, 3.05) is 19.0 Å². The van der Waals surface area contributed by atoms with Crippen LogP contribution < -0.4 is 19.5 Å². The molecule has 1 aliphatic rings. The average Bonchev–Trinajstić information content (AvgIpc) is 2.94. The van der Waals surface area contributed by atoms with Gasteiger partial charge in [-0.05, 0) is 48.5 Å². The van der Waals surface area contributed by atoms with E-state index < -0.39 is 12.3 Å². The van der Waals surface area contributed by atoms with Crippen LogP contribution in [0.5, 0.6) is 23.1 Å². The van der Waals surface area contributed by atoms with Gasteiger partial charge in [0.2, 0.25) is 5.88 Å². The van der Waals surface area contributed by atoms with Crippen molar-refractivity contribution in [1.82, 2.24) is 9.97 Å². The smallest absolute Gasteiger partial charge is 0.493 e. The summed E-state index contributed by atoms with van der Waals surface area (Å²) in [6.07, 6.45) is -0.00276. The lowest BCUT2D eigenvalue weighted by molar-refractivity contribution is 0.0326. The van der Waals surface area contributed by atoms with Crippen LogP contribution >= 0.6 is 11.6 Å². The van der Waals surface area contributed by atoms with Crippen molar-refractivity contribution in [3.05, 3.63) is 89.1 Å². The predicted octanol–water partition coefficient (Wildman–Crippen LogP) is 6.37. The number of nitrogens with one attached hydrogen (secondary N) is 1. The molecule has 2 aromatic carbocycles. The Morgan fingerprint density at radius 3 is 2.64 bits per heavy atom. The van der Waals surface area contributed by atoms with Gasteiger partial charge in [-0.3, -0.25) is 4.79 Å². The van der Waals surface area contributed by atoms with Crippen LogP contribution in [0.4, 0.5) is 10.6 Å². The molecule has 198 valence electrons. The van der Waals surface area contributed by atoms with Gasteiger partial charge in [0.25, 0.3) is 5.91 Å². The third-order valence-corrected chi connectivity index (χ3v) is 6.16. The molecule has 1 amide bonds. The summed E-state index contributed by atoms with van der Waals surface area (Å²) in [5.41, 5.74) is 2.37. The summed E-state index contributed by atoms with van der Waals surface area (Å²) in [5, 5.41) is 12.0. The largest absolute Gasteiger partial charge is 0.506 e. The lowest BCUT2D eigenvalue weighted by atomic mass is 10.0. The molecule has 5 rings (SSSR count). The zero-order valence-corrected chi connectivity index (χ0v) is 21.3. The molecule has 3 heterocycles. The molecule has 39 heavy (non-hydrogen) atoms. The summed E-state index contributed by atoms with van der Waals surface area (Å²) < 4.78 is 21.6. The van der Waals surface area contributed by atoms with Crippen LogP contribution in [0.3, 0.4) is 0 Å². The third-order valence-electron chi connectivity index (χ3n) is 5.87. The van der Waals surface area contributed by atoms with Gasteiger partial charge in [-0.1, -0.05) is 17.7 Å². The van der Waals surface area contributed by atoms with Crippen molar-refractivity contribution in [2.24, 2.45) is 0 Å². The fraction of sp³-hybridized carbons (Fsp3) is 0.143. The number of nitrogens with zero attached hydrogens (tertiary/aromatic N) is 2.